The first-order valence-electron chi connectivity index (χ1n) is 4.77. The van der Waals surface area contributed by atoms with Crippen molar-refractivity contribution in [3.05, 3.63) is 23.7 Å². The lowest BCUT2D eigenvalue weighted by Gasteiger charge is -2.12. The molecule has 1 atom stereocenters. The molecule has 2 rings (SSSR count). The second-order valence-corrected chi connectivity index (χ2v) is 3.80. The minimum atomic E-state index is 0.357. The second-order valence-electron chi connectivity index (χ2n) is 3.80. The van der Waals surface area contributed by atoms with E-state index in [0.717, 1.165) is 37.6 Å². The minimum Gasteiger partial charge on any atom is -0.465 e. The zero-order valence-electron chi connectivity index (χ0n) is 7.99. The van der Waals surface area contributed by atoms with Gasteiger partial charge in [0, 0.05) is 19.1 Å². The Kier molecular flexibility index (Phi) is 2.38. The fourth-order valence-corrected chi connectivity index (χ4v) is 1.80. The summed E-state index contributed by atoms with van der Waals surface area (Å²) in [6.45, 7) is 4.97. The van der Waals surface area contributed by atoms with Crippen molar-refractivity contribution >= 4 is 0 Å². The Morgan fingerprint density at radius 3 is 3.00 bits per heavy atom. The van der Waals surface area contributed by atoms with Crippen molar-refractivity contribution in [3.63, 3.8) is 0 Å². The number of hydrogen-bond donors (Lipinski definition) is 1. The maximum absolute atomic E-state index is 5.81. The standard InChI is InChI=1S/C10H16N2O/c1-8-2-3-10(13-8)7-12-5-4-9(11)6-12/h2-3,9H,4-7,11H2,1H3/t9-/m0/s1. The van der Waals surface area contributed by atoms with E-state index >= 15 is 0 Å². The smallest absolute Gasteiger partial charge is 0.118 e. The summed E-state index contributed by atoms with van der Waals surface area (Å²) >= 11 is 0. The van der Waals surface area contributed by atoms with Crippen LogP contribution < -0.4 is 5.73 Å². The van der Waals surface area contributed by atoms with Gasteiger partial charge in [0.2, 0.25) is 0 Å². The molecule has 0 aliphatic carbocycles. The predicted octanol–water partition coefficient (Wildman–Crippen LogP) is 1.12. The van der Waals surface area contributed by atoms with E-state index < -0.39 is 0 Å². The molecule has 72 valence electrons. The molecule has 0 radical (unpaired) electrons. The molecule has 0 unspecified atom stereocenters. The van der Waals surface area contributed by atoms with Crippen LogP contribution in [0.4, 0.5) is 0 Å². The predicted molar refractivity (Wildman–Crippen MR) is 51.3 cm³/mol. The molecule has 0 spiro atoms. The van der Waals surface area contributed by atoms with Gasteiger partial charge in [-0.1, -0.05) is 0 Å². The largest absolute Gasteiger partial charge is 0.465 e. The van der Waals surface area contributed by atoms with Gasteiger partial charge in [0.25, 0.3) is 0 Å². The van der Waals surface area contributed by atoms with E-state index in [4.69, 9.17) is 10.2 Å². The molecule has 1 aromatic heterocycles. The zero-order chi connectivity index (χ0) is 9.26. The van der Waals surface area contributed by atoms with Crippen molar-refractivity contribution in [2.75, 3.05) is 13.1 Å². The van der Waals surface area contributed by atoms with Gasteiger partial charge in [0.05, 0.1) is 6.54 Å². The summed E-state index contributed by atoms with van der Waals surface area (Å²) in [6, 6.07) is 4.40. The van der Waals surface area contributed by atoms with Crippen LogP contribution in [0.1, 0.15) is 17.9 Å². The highest BCUT2D eigenvalue weighted by molar-refractivity contribution is 5.05. The molecule has 2 heterocycles. The lowest BCUT2D eigenvalue weighted by molar-refractivity contribution is 0.291. The fraction of sp³-hybridized carbons (Fsp3) is 0.600. The van der Waals surface area contributed by atoms with E-state index in [-0.39, 0.29) is 0 Å². The maximum Gasteiger partial charge on any atom is 0.118 e. The first-order valence-corrected chi connectivity index (χ1v) is 4.77. The topological polar surface area (TPSA) is 42.4 Å². The number of furan rings is 1. The van der Waals surface area contributed by atoms with Gasteiger partial charge in [-0.3, -0.25) is 4.90 Å². The molecule has 13 heavy (non-hydrogen) atoms. The van der Waals surface area contributed by atoms with E-state index in [1.807, 2.05) is 19.1 Å². The van der Waals surface area contributed by atoms with Gasteiger partial charge in [-0.15, -0.1) is 0 Å². The van der Waals surface area contributed by atoms with Gasteiger partial charge in [-0.25, -0.2) is 0 Å². The van der Waals surface area contributed by atoms with Crippen LogP contribution >= 0.6 is 0 Å². The molecule has 2 N–H and O–H groups in total. The summed E-state index contributed by atoms with van der Waals surface area (Å²) in [5, 5.41) is 0. The van der Waals surface area contributed by atoms with Gasteiger partial charge in [-0.2, -0.15) is 0 Å². The fourth-order valence-electron chi connectivity index (χ4n) is 1.80. The second kappa shape index (κ2) is 3.52. The lowest BCUT2D eigenvalue weighted by atomic mass is 10.3. The molecule has 1 aromatic rings. The van der Waals surface area contributed by atoms with Crippen LogP contribution in [-0.4, -0.2) is 24.0 Å². The lowest BCUT2D eigenvalue weighted by Crippen LogP contribution is -2.26. The third-order valence-electron chi connectivity index (χ3n) is 2.48. The highest BCUT2D eigenvalue weighted by atomic mass is 16.3. The third kappa shape index (κ3) is 2.11. The summed E-state index contributed by atoms with van der Waals surface area (Å²) in [5.41, 5.74) is 5.81. The van der Waals surface area contributed by atoms with Crippen LogP contribution in [0.3, 0.4) is 0 Å². The van der Waals surface area contributed by atoms with Crippen molar-refractivity contribution in [2.24, 2.45) is 5.73 Å². The van der Waals surface area contributed by atoms with Crippen LogP contribution in [0.5, 0.6) is 0 Å². The molecule has 3 nitrogen and oxygen atoms in total. The Hall–Kier alpha value is -0.800. The van der Waals surface area contributed by atoms with Gasteiger partial charge in [0.1, 0.15) is 11.5 Å². The Morgan fingerprint density at radius 2 is 2.46 bits per heavy atom. The average molecular weight is 180 g/mol. The van der Waals surface area contributed by atoms with E-state index in [1.165, 1.54) is 0 Å². The van der Waals surface area contributed by atoms with Crippen molar-refractivity contribution in [1.29, 1.82) is 0 Å². The van der Waals surface area contributed by atoms with Crippen LogP contribution in [0.2, 0.25) is 0 Å². The molecule has 3 heteroatoms. The normalized spacial score (nSPS) is 24.0. The first-order chi connectivity index (χ1) is 6.24. The maximum atomic E-state index is 5.81. The third-order valence-corrected chi connectivity index (χ3v) is 2.48. The highest BCUT2D eigenvalue weighted by Gasteiger charge is 2.19. The first kappa shape index (κ1) is 8.78. The van der Waals surface area contributed by atoms with Gasteiger partial charge >= 0.3 is 0 Å². The summed E-state index contributed by atoms with van der Waals surface area (Å²) in [6.07, 6.45) is 1.11. The molecule has 0 bridgehead atoms. The monoisotopic (exact) mass is 180 g/mol. The molecule has 1 aliphatic heterocycles. The number of nitrogens with two attached hydrogens (primary N) is 1. The Balaban J connectivity index is 1.91. The molecule has 0 amide bonds. The summed E-state index contributed by atoms with van der Waals surface area (Å²) < 4.78 is 5.50. The zero-order valence-corrected chi connectivity index (χ0v) is 7.99. The van der Waals surface area contributed by atoms with Crippen molar-refractivity contribution < 1.29 is 4.42 Å². The number of aryl methyl sites for hydroxylation is 1. The van der Waals surface area contributed by atoms with E-state index in [9.17, 15) is 0 Å². The molecular formula is C10H16N2O. The van der Waals surface area contributed by atoms with E-state index in [0.29, 0.717) is 6.04 Å². The van der Waals surface area contributed by atoms with Gasteiger partial charge in [-0.05, 0) is 25.5 Å². The van der Waals surface area contributed by atoms with E-state index in [1.54, 1.807) is 0 Å². The number of nitrogens with zero attached hydrogens (tertiary/aromatic N) is 1. The van der Waals surface area contributed by atoms with Crippen LogP contribution in [0.25, 0.3) is 0 Å². The Bertz CT molecular complexity index is 282. The minimum absolute atomic E-state index is 0.357. The van der Waals surface area contributed by atoms with Gasteiger partial charge in [0.15, 0.2) is 0 Å². The quantitative estimate of drug-likeness (QED) is 0.741. The summed E-state index contributed by atoms with van der Waals surface area (Å²) in [5.74, 6) is 2.03. The number of hydrogen-bond acceptors (Lipinski definition) is 3. The Morgan fingerprint density at radius 1 is 1.62 bits per heavy atom. The molecule has 1 saturated heterocycles. The van der Waals surface area contributed by atoms with Crippen molar-refractivity contribution in [2.45, 2.75) is 25.9 Å². The van der Waals surface area contributed by atoms with Crippen molar-refractivity contribution in [3.8, 4) is 0 Å². The molecule has 1 fully saturated rings. The molecule has 0 saturated carbocycles. The highest BCUT2D eigenvalue weighted by Crippen LogP contribution is 2.13. The number of likely N-dealkylation sites (tertiary alicyclic amines) is 1. The van der Waals surface area contributed by atoms with Crippen LogP contribution in [0.15, 0.2) is 16.5 Å². The van der Waals surface area contributed by atoms with E-state index in [2.05, 4.69) is 4.90 Å². The molecule has 0 aromatic carbocycles. The molecular weight excluding hydrogens is 164 g/mol. The summed E-state index contributed by atoms with van der Waals surface area (Å²) in [7, 11) is 0. The SMILES string of the molecule is Cc1ccc(CN2CC[C@H](N)C2)o1. The average Bonchev–Trinajstić information content (AvgIpc) is 2.62. The molecule has 1 aliphatic rings. The van der Waals surface area contributed by atoms with Crippen molar-refractivity contribution in [1.82, 2.24) is 4.90 Å². The van der Waals surface area contributed by atoms with Gasteiger partial charge < -0.3 is 10.2 Å². The summed E-state index contributed by atoms with van der Waals surface area (Å²) in [4.78, 5) is 2.34. The Labute approximate surface area is 78.5 Å². The number of rotatable bonds is 2. The van der Waals surface area contributed by atoms with Crippen LogP contribution in [0, 0.1) is 6.92 Å². The van der Waals surface area contributed by atoms with Crippen LogP contribution in [-0.2, 0) is 6.54 Å².